The van der Waals surface area contributed by atoms with E-state index in [1.807, 2.05) is 11.4 Å². The van der Waals surface area contributed by atoms with Gasteiger partial charge in [0, 0.05) is 21.3 Å². The second kappa shape index (κ2) is 5.54. The lowest BCUT2D eigenvalue weighted by atomic mass is 10.5. The molecule has 0 saturated heterocycles. The first kappa shape index (κ1) is 14.0. The molecule has 0 aromatic carbocycles. The highest BCUT2D eigenvalue weighted by Crippen LogP contribution is 2.19. The predicted octanol–water partition coefficient (Wildman–Crippen LogP) is 1.60. The maximum absolute atomic E-state index is 11.7. The molecule has 8 heteroatoms. The molecule has 90 valence electrons. The number of sulfonamides is 1. The second-order valence-electron chi connectivity index (χ2n) is 3.14. The van der Waals surface area contributed by atoms with Crippen molar-refractivity contribution in [1.29, 1.82) is 0 Å². The molecule has 0 amide bonds. The van der Waals surface area contributed by atoms with Crippen molar-refractivity contribution in [2.24, 2.45) is 5.73 Å². The Labute approximate surface area is 112 Å². The minimum Gasteiger partial charge on any atom is -0.392 e. The molecule has 1 heterocycles. The van der Waals surface area contributed by atoms with Gasteiger partial charge < -0.3 is 5.73 Å². The third-order valence-electron chi connectivity index (χ3n) is 1.94. The van der Waals surface area contributed by atoms with Gasteiger partial charge >= 0.3 is 0 Å². The minimum atomic E-state index is -3.47. The summed E-state index contributed by atoms with van der Waals surface area (Å²) in [5, 5.41) is 1.03. The molecule has 1 unspecified atom stereocenters. The largest absolute Gasteiger partial charge is 0.392 e. The molecular weight excluding hydrogens is 332 g/mol. The number of thiocarbonyl (C=S) groups is 1. The van der Waals surface area contributed by atoms with Crippen LogP contribution in [0.5, 0.6) is 0 Å². The summed E-state index contributed by atoms with van der Waals surface area (Å²) in [7, 11) is -3.47. The minimum absolute atomic E-state index is 0.0279. The Balaban J connectivity index is 2.65. The Morgan fingerprint density at radius 2 is 2.38 bits per heavy atom. The Morgan fingerprint density at radius 3 is 2.81 bits per heavy atom. The van der Waals surface area contributed by atoms with Gasteiger partial charge in [-0.25, -0.2) is 13.1 Å². The summed E-state index contributed by atoms with van der Waals surface area (Å²) in [5.74, 6) is 0. The molecule has 16 heavy (non-hydrogen) atoms. The summed E-state index contributed by atoms with van der Waals surface area (Å²) in [5.41, 5.74) is 5.30. The van der Waals surface area contributed by atoms with Crippen molar-refractivity contribution in [3.05, 3.63) is 20.8 Å². The number of nitrogens with one attached hydrogen (secondary N) is 1. The van der Waals surface area contributed by atoms with Crippen molar-refractivity contribution in [2.45, 2.75) is 18.7 Å². The van der Waals surface area contributed by atoms with Crippen LogP contribution in [0.25, 0.3) is 0 Å². The molecule has 0 radical (unpaired) electrons. The smallest absolute Gasteiger partial charge is 0.221 e. The Hall–Kier alpha value is -0.0200. The van der Waals surface area contributed by atoms with Crippen LogP contribution in [0.4, 0.5) is 0 Å². The number of hydrogen-bond acceptors (Lipinski definition) is 4. The van der Waals surface area contributed by atoms with E-state index in [9.17, 15) is 8.42 Å². The maximum atomic E-state index is 11.7. The summed E-state index contributed by atoms with van der Waals surface area (Å²) >= 11 is 9.42. The molecule has 0 aliphatic rings. The summed E-state index contributed by atoms with van der Waals surface area (Å²) in [4.78, 5) is 0.894. The van der Waals surface area contributed by atoms with Gasteiger partial charge in [-0.15, -0.1) is 11.3 Å². The molecule has 3 N–H and O–H groups in total. The van der Waals surface area contributed by atoms with Crippen molar-refractivity contribution in [1.82, 2.24) is 4.72 Å². The first-order valence-corrected chi connectivity index (χ1v) is 7.96. The zero-order valence-electron chi connectivity index (χ0n) is 8.44. The fourth-order valence-corrected chi connectivity index (χ4v) is 3.67. The van der Waals surface area contributed by atoms with Crippen LogP contribution in [0.2, 0.25) is 0 Å². The Bertz CT molecular complexity index is 483. The third-order valence-corrected chi connectivity index (χ3v) is 5.87. The van der Waals surface area contributed by atoms with Gasteiger partial charge in [-0.1, -0.05) is 12.2 Å². The van der Waals surface area contributed by atoms with Gasteiger partial charge in [0.1, 0.15) is 5.25 Å². The normalized spacial score (nSPS) is 13.6. The number of rotatable bonds is 5. The van der Waals surface area contributed by atoms with Gasteiger partial charge in [0.25, 0.3) is 0 Å². The lowest BCUT2D eigenvalue weighted by Gasteiger charge is -2.11. The van der Waals surface area contributed by atoms with Crippen molar-refractivity contribution >= 4 is 54.5 Å². The summed E-state index contributed by atoms with van der Waals surface area (Å²) in [6.07, 6.45) is 0. The third kappa shape index (κ3) is 3.77. The van der Waals surface area contributed by atoms with Crippen molar-refractivity contribution in [3.63, 3.8) is 0 Å². The molecule has 0 spiro atoms. The molecule has 1 atom stereocenters. The molecular formula is C8H11BrN2O2S3. The molecule has 0 bridgehead atoms. The predicted molar refractivity (Wildman–Crippen MR) is 74.0 cm³/mol. The molecule has 4 nitrogen and oxygen atoms in total. The molecule has 1 aromatic rings. The highest BCUT2D eigenvalue weighted by atomic mass is 79.9. The quantitative estimate of drug-likeness (QED) is 0.797. The fraction of sp³-hybridized carbons (Fsp3) is 0.375. The molecule has 0 fully saturated rings. The number of hydrogen-bond donors (Lipinski definition) is 2. The first-order valence-electron chi connectivity index (χ1n) is 4.33. The molecule has 1 rings (SSSR count). The van der Waals surface area contributed by atoms with Crippen LogP contribution in [0.3, 0.4) is 0 Å². The highest BCUT2D eigenvalue weighted by Gasteiger charge is 2.22. The van der Waals surface area contributed by atoms with E-state index in [0.717, 1.165) is 9.35 Å². The van der Waals surface area contributed by atoms with Gasteiger partial charge in [-0.2, -0.15) is 0 Å². The SMILES string of the molecule is CC(C(N)=S)S(=O)(=O)NCc1cc(Br)cs1. The van der Waals surface area contributed by atoms with Crippen LogP contribution in [0.1, 0.15) is 11.8 Å². The van der Waals surface area contributed by atoms with Crippen molar-refractivity contribution in [3.8, 4) is 0 Å². The van der Waals surface area contributed by atoms with E-state index in [-0.39, 0.29) is 11.5 Å². The van der Waals surface area contributed by atoms with Crippen LogP contribution in [-0.2, 0) is 16.6 Å². The highest BCUT2D eigenvalue weighted by molar-refractivity contribution is 9.10. The van der Waals surface area contributed by atoms with Crippen LogP contribution >= 0.6 is 39.5 Å². The number of nitrogens with two attached hydrogens (primary N) is 1. The standard InChI is InChI=1S/C8H11BrN2O2S3/c1-5(8(10)14)16(12,13)11-3-7-2-6(9)4-15-7/h2,4-5,11H,3H2,1H3,(H2,10,14). The zero-order valence-corrected chi connectivity index (χ0v) is 12.5. The van der Waals surface area contributed by atoms with Gasteiger partial charge in [-0.3, -0.25) is 0 Å². The molecule has 0 saturated carbocycles. The van der Waals surface area contributed by atoms with Crippen molar-refractivity contribution < 1.29 is 8.42 Å². The van der Waals surface area contributed by atoms with Crippen LogP contribution in [0.15, 0.2) is 15.9 Å². The Kier molecular flexibility index (Phi) is 4.87. The lowest BCUT2D eigenvalue weighted by molar-refractivity contribution is 0.578. The summed E-state index contributed by atoms with van der Waals surface area (Å²) in [6.45, 7) is 1.72. The lowest BCUT2D eigenvalue weighted by Crippen LogP contribution is -2.39. The summed E-state index contributed by atoms with van der Waals surface area (Å²) in [6, 6.07) is 1.86. The average molecular weight is 343 g/mol. The van der Waals surface area contributed by atoms with Gasteiger partial charge in [0.2, 0.25) is 10.0 Å². The average Bonchev–Trinajstić information content (AvgIpc) is 2.60. The van der Waals surface area contributed by atoms with Crippen LogP contribution in [-0.4, -0.2) is 18.7 Å². The molecule has 0 aliphatic heterocycles. The van der Waals surface area contributed by atoms with Gasteiger partial charge in [0.05, 0.1) is 4.99 Å². The first-order chi connectivity index (χ1) is 7.33. The van der Waals surface area contributed by atoms with Crippen LogP contribution in [0, 0.1) is 0 Å². The van der Waals surface area contributed by atoms with E-state index in [2.05, 4.69) is 32.9 Å². The topological polar surface area (TPSA) is 72.2 Å². The molecule has 1 aromatic heterocycles. The van der Waals surface area contributed by atoms with E-state index in [1.54, 1.807) is 0 Å². The van der Waals surface area contributed by atoms with E-state index in [0.29, 0.717) is 0 Å². The van der Waals surface area contributed by atoms with E-state index in [4.69, 9.17) is 5.73 Å². The monoisotopic (exact) mass is 342 g/mol. The maximum Gasteiger partial charge on any atom is 0.221 e. The van der Waals surface area contributed by atoms with E-state index >= 15 is 0 Å². The Morgan fingerprint density at radius 1 is 1.75 bits per heavy atom. The molecule has 0 aliphatic carbocycles. The summed E-state index contributed by atoms with van der Waals surface area (Å²) < 4.78 is 26.7. The zero-order chi connectivity index (χ0) is 12.3. The number of halogens is 1. The van der Waals surface area contributed by atoms with Gasteiger partial charge in [-0.05, 0) is 28.9 Å². The van der Waals surface area contributed by atoms with Crippen LogP contribution < -0.4 is 10.5 Å². The second-order valence-corrected chi connectivity index (χ2v) is 7.61. The number of thiophene rings is 1. The van der Waals surface area contributed by atoms with Crippen molar-refractivity contribution in [2.75, 3.05) is 0 Å². The van der Waals surface area contributed by atoms with Gasteiger partial charge in [0.15, 0.2) is 0 Å². The van der Waals surface area contributed by atoms with E-state index in [1.165, 1.54) is 18.3 Å². The fourth-order valence-electron chi connectivity index (χ4n) is 0.896. The van der Waals surface area contributed by atoms with E-state index < -0.39 is 15.3 Å².